The molecule has 0 heterocycles. The van der Waals surface area contributed by atoms with Crippen molar-refractivity contribution >= 4 is 27.5 Å². The van der Waals surface area contributed by atoms with Crippen LogP contribution in [0.25, 0.3) is 0 Å². The van der Waals surface area contributed by atoms with Crippen LogP contribution in [-0.2, 0) is 11.2 Å². The Bertz CT molecular complexity index is 597. The zero-order chi connectivity index (χ0) is 15.8. The fourth-order valence-electron chi connectivity index (χ4n) is 1.97. The number of halogens is 1. The fourth-order valence-corrected chi connectivity index (χ4v) is 2.23. The summed E-state index contributed by atoms with van der Waals surface area (Å²) in [6.07, 6.45) is 0.871. The molecule has 2 aromatic rings. The van der Waals surface area contributed by atoms with Gasteiger partial charge in [0, 0.05) is 10.2 Å². The van der Waals surface area contributed by atoms with Crippen LogP contribution in [0.5, 0.6) is 5.75 Å². The second kappa shape index (κ2) is 8.56. The molecule has 2 N–H and O–H groups in total. The molecule has 0 unspecified atom stereocenters. The van der Waals surface area contributed by atoms with Gasteiger partial charge in [-0.3, -0.25) is 4.79 Å². The molecule has 0 saturated carbocycles. The molecule has 4 nitrogen and oxygen atoms in total. The first-order chi connectivity index (χ1) is 10.7. The highest BCUT2D eigenvalue weighted by Crippen LogP contribution is 2.14. The van der Waals surface area contributed by atoms with Crippen molar-refractivity contribution in [1.82, 2.24) is 5.32 Å². The predicted octanol–water partition coefficient (Wildman–Crippen LogP) is 3.23. The lowest BCUT2D eigenvalue weighted by Crippen LogP contribution is -2.29. The van der Waals surface area contributed by atoms with E-state index < -0.39 is 0 Å². The average molecular weight is 363 g/mol. The summed E-state index contributed by atoms with van der Waals surface area (Å²) in [5.74, 6) is 0.808. The van der Waals surface area contributed by atoms with Crippen LogP contribution in [0, 0.1) is 0 Å². The minimum Gasteiger partial charge on any atom is -0.497 e. The van der Waals surface area contributed by atoms with E-state index in [2.05, 4.69) is 26.6 Å². The minimum absolute atomic E-state index is 0.0444. The normalized spacial score (nSPS) is 10.3. The van der Waals surface area contributed by atoms with Crippen LogP contribution in [0.1, 0.15) is 5.56 Å². The van der Waals surface area contributed by atoms with E-state index in [-0.39, 0.29) is 5.91 Å². The quantitative estimate of drug-likeness (QED) is 0.743. The third-order valence-electron chi connectivity index (χ3n) is 3.16. The Balaban J connectivity index is 1.67. The lowest BCUT2D eigenvalue weighted by Gasteiger charge is -2.07. The Labute approximate surface area is 139 Å². The van der Waals surface area contributed by atoms with E-state index in [9.17, 15) is 4.79 Å². The molecule has 0 aliphatic carbocycles. The van der Waals surface area contributed by atoms with Crippen LogP contribution >= 0.6 is 15.9 Å². The summed E-state index contributed by atoms with van der Waals surface area (Å²) < 4.78 is 6.11. The molecule has 0 atom stereocenters. The van der Waals surface area contributed by atoms with E-state index in [1.54, 1.807) is 7.11 Å². The van der Waals surface area contributed by atoms with Gasteiger partial charge in [-0.05, 0) is 54.9 Å². The third kappa shape index (κ3) is 5.50. The smallest absolute Gasteiger partial charge is 0.238 e. The molecule has 1 amide bonds. The number of nitrogens with one attached hydrogen (secondary N) is 2. The van der Waals surface area contributed by atoms with Gasteiger partial charge in [0.2, 0.25) is 5.91 Å². The number of amides is 1. The van der Waals surface area contributed by atoms with Crippen LogP contribution < -0.4 is 15.4 Å². The summed E-state index contributed by atoms with van der Waals surface area (Å²) >= 11 is 3.36. The Kier molecular flexibility index (Phi) is 6.43. The molecule has 0 aliphatic heterocycles. The maximum Gasteiger partial charge on any atom is 0.238 e. The van der Waals surface area contributed by atoms with Crippen molar-refractivity contribution in [3.05, 3.63) is 58.6 Å². The molecule has 2 aromatic carbocycles. The van der Waals surface area contributed by atoms with Gasteiger partial charge in [0.15, 0.2) is 0 Å². The number of carbonyl (C=O) groups excluding carboxylic acids is 1. The maximum absolute atomic E-state index is 11.8. The van der Waals surface area contributed by atoms with Gasteiger partial charge in [0.05, 0.1) is 13.7 Å². The lowest BCUT2D eigenvalue weighted by atomic mass is 10.1. The predicted molar refractivity (Wildman–Crippen MR) is 92.3 cm³/mol. The van der Waals surface area contributed by atoms with Gasteiger partial charge in [0.25, 0.3) is 0 Å². The van der Waals surface area contributed by atoms with Crippen LogP contribution in [0.2, 0.25) is 0 Å². The SMILES string of the molecule is COc1ccc(CCNCC(=O)Nc2ccc(Br)cc2)cc1. The molecule has 0 aliphatic rings. The first-order valence-electron chi connectivity index (χ1n) is 7.06. The molecule has 116 valence electrons. The summed E-state index contributed by atoms with van der Waals surface area (Å²) in [6.45, 7) is 1.05. The third-order valence-corrected chi connectivity index (χ3v) is 3.69. The zero-order valence-electron chi connectivity index (χ0n) is 12.4. The van der Waals surface area contributed by atoms with E-state index in [0.29, 0.717) is 6.54 Å². The highest BCUT2D eigenvalue weighted by Gasteiger charge is 2.02. The standard InChI is InChI=1S/C17H19BrN2O2/c1-22-16-8-2-13(3-9-16)10-11-19-12-17(21)20-15-6-4-14(18)5-7-15/h2-9,19H,10-12H2,1H3,(H,20,21). The Morgan fingerprint density at radius 2 is 1.77 bits per heavy atom. The van der Waals surface area contributed by atoms with Crippen molar-refractivity contribution in [3.8, 4) is 5.75 Å². The molecule has 0 saturated heterocycles. The largest absolute Gasteiger partial charge is 0.497 e. The maximum atomic E-state index is 11.8. The zero-order valence-corrected chi connectivity index (χ0v) is 14.0. The van der Waals surface area contributed by atoms with Crippen molar-refractivity contribution in [2.24, 2.45) is 0 Å². The number of hydrogen-bond donors (Lipinski definition) is 2. The van der Waals surface area contributed by atoms with E-state index in [1.807, 2.05) is 48.5 Å². The van der Waals surface area contributed by atoms with Gasteiger partial charge >= 0.3 is 0 Å². The topological polar surface area (TPSA) is 50.4 Å². The van der Waals surface area contributed by atoms with Gasteiger partial charge in [-0.25, -0.2) is 0 Å². The monoisotopic (exact) mass is 362 g/mol. The van der Waals surface area contributed by atoms with Crippen molar-refractivity contribution in [3.63, 3.8) is 0 Å². The van der Waals surface area contributed by atoms with Gasteiger partial charge in [-0.1, -0.05) is 28.1 Å². The van der Waals surface area contributed by atoms with Gasteiger partial charge < -0.3 is 15.4 Å². The number of ether oxygens (including phenoxy) is 1. The number of benzene rings is 2. The Morgan fingerprint density at radius 1 is 1.09 bits per heavy atom. The van der Waals surface area contributed by atoms with Crippen LogP contribution in [-0.4, -0.2) is 26.1 Å². The first kappa shape index (κ1) is 16.5. The number of methoxy groups -OCH3 is 1. The molecule has 0 radical (unpaired) electrons. The number of anilines is 1. The molecule has 22 heavy (non-hydrogen) atoms. The molecule has 0 aromatic heterocycles. The lowest BCUT2D eigenvalue weighted by molar-refractivity contribution is -0.115. The molecular weight excluding hydrogens is 344 g/mol. The second-order valence-corrected chi connectivity index (χ2v) is 5.75. The Morgan fingerprint density at radius 3 is 2.41 bits per heavy atom. The summed E-state index contributed by atoms with van der Waals surface area (Å²) in [5, 5.41) is 5.99. The van der Waals surface area contributed by atoms with E-state index >= 15 is 0 Å². The summed E-state index contributed by atoms with van der Waals surface area (Å²) in [4.78, 5) is 11.8. The highest BCUT2D eigenvalue weighted by molar-refractivity contribution is 9.10. The van der Waals surface area contributed by atoms with E-state index in [4.69, 9.17) is 4.74 Å². The number of hydrogen-bond acceptors (Lipinski definition) is 3. The highest BCUT2D eigenvalue weighted by atomic mass is 79.9. The van der Waals surface area contributed by atoms with Crippen molar-refractivity contribution in [1.29, 1.82) is 0 Å². The van der Waals surface area contributed by atoms with Crippen LogP contribution in [0.3, 0.4) is 0 Å². The molecular formula is C17H19BrN2O2. The van der Waals surface area contributed by atoms with Crippen molar-refractivity contribution in [2.45, 2.75) is 6.42 Å². The molecule has 5 heteroatoms. The molecule has 2 rings (SSSR count). The summed E-state index contributed by atoms with van der Waals surface area (Å²) in [6, 6.07) is 15.5. The molecule has 0 fully saturated rings. The Hall–Kier alpha value is -1.85. The van der Waals surface area contributed by atoms with Gasteiger partial charge in [0.1, 0.15) is 5.75 Å². The average Bonchev–Trinajstić information content (AvgIpc) is 2.54. The van der Waals surface area contributed by atoms with Gasteiger partial charge in [-0.2, -0.15) is 0 Å². The minimum atomic E-state index is -0.0444. The second-order valence-electron chi connectivity index (χ2n) is 4.83. The van der Waals surface area contributed by atoms with E-state index in [0.717, 1.165) is 28.9 Å². The number of rotatable bonds is 7. The summed E-state index contributed by atoms with van der Waals surface area (Å²) in [7, 11) is 1.65. The fraction of sp³-hybridized carbons (Fsp3) is 0.235. The molecule has 0 bridgehead atoms. The molecule has 0 spiro atoms. The van der Waals surface area contributed by atoms with Crippen LogP contribution in [0.15, 0.2) is 53.0 Å². The van der Waals surface area contributed by atoms with Crippen molar-refractivity contribution < 1.29 is 9.53 Å². The van der Waals surface area contributed by atoms with Gasteiger partial charge in [-0.15, -0.1) is 0 Å². The summed E-state index contributed by atoms with van der Waals surface area (Å²) in [5.41, 5.74) is 2.01. The van der Waals surface area contributed by atoms with Crippen LogP contribution in [0.4, 0.5) is 5.69 Å². The van der Waals surface area contributed by atoms with Crippen molar-refractivity contribution in [2.75, 3.05) is 25.5 Å². The number of carbonyl (C=O) groups is 1. The van der Waals surface area contributed by atoms with E-state index in [1.165, 1.54) is 5.56 Å². The first-order valence-corrected chi connectivity index (χ1v) is 7.86.